The zero-order valence-electron chi connectivity index (χ0n) is 11.3. The fraction of sp³-hybridized carbons (Fsp3) is 0.846. The molecule has 0 aliphatic heterocycles. The van der Waals surface area contributed by atoms with Crippen molar-refractivity contribution in [2.24, 2.45) is 0 Å². The summed E-state index contributed by atoms with van der Waals surface area (Å²) in [6, 6.07) is 0.221. The van der Waals surface area contributed by atoms with E-state index in [1.165, 1.54) is 0 Å². The first-order valence-corrected chi connectivity index (χ1v) is 7.02. The highest BCUT2D eigenvalue weighted by molar-refractivity contribution is 5.74. The first-order chi connectivity index (χ1) is 9.15. The number of aliphatic hydroxyl groups is 1. The van der Waals surface area contributed by atoms with Gasteiger partial charge in [0.25, 0.3) is 0 Å². The van der Waals surface area contributed by atoms with Crippen LogP contribution in [0.5, 0.6) is 0 Å². The van der Waals surface area contributed by atoms with Crippen molar-refractivity contribution in [3.63, 3.8) is 0 Å². The number of hydrogen-bond acceptors (Lipinski definition) is 3. The van der Waals surface area contributed by atoms with E-state index in [-0.39, 0.29) is 19.1 Å². The summed E-state index contributed by atoms with van der Waals surface area (Å²) in [5, 5.41) is 20.2. The largest absolute Gasteiger partial charge is 0.481 e. The van der Waals surface area contributed by atoms with Gasteiger partial charge in [-0.2, -0.15) is 0 Å². The number of aliphatic carboxylic acids is 1. The van der Waals surface area contributed by atoms with Gasteiger partial charge in [0.1, 0.15) is 0 Å². The Morgan fingerprint density at radius 1 is 1.21 bits per heavy atom. The predicted octanol–water partition coefficient (Wildman–Crippen LogP) is 1.19. The number of carbonyl (C=O) groups excluding carboxylic acids is 1. The van der Waals surface area contributed by atoms with Crippen molar-refractivity contribution in [1.29, 1.82) is 0 Å². The van der Waals surface area contributed by atoms with Gasteiger partial charge in [-0.15, -0.1) is 0 Å². The molecular formula is C13H24N2O4. The van der Waals surface area contributed by atoms with E-state index in [0.29, 0.717) is 38.4 Å². The Morgan fingerprint density at radius 3 is 2.47 bits per heavy atom. The molecule has 0 aromatic rings. The number of hydrogen-bond donors (Lipinski definition) is 3. The van der Waals surface area contributed by atoms with E-state index < -0.39 is 5.97 Å². The second-order valence-corrected chi connectivity index (χ2v) is 4.94. The third-order valence-electron chi connectivity index (χ3n) is 3.43. The van der Waals surface area contributed by atoms with Crippen LogP contribution in [0.15, 0.2) is 0 Å². The van der Waals surface area contributed by atoms with Gasteiger partial charge in [0.05, 0.1) is 0 Å². The predicted molar refractivity (Wildman–Crippen MR) is 70.9 cm³/mol. The van der Waals surface area contributed by atoms with Gasteiger partial charge in [0.2, 0.25) is 0 Å². The van der Waals surface area contributed by atoms with Crippen LogP contribution in [0.2, 0.25) is 0 Å². The molecule has 6 nitrogen and oxygen atoms in total. The summed E-state index contributed by atoms with van der Waals surface area (Å²) in [4.78, 5) is 24.1. The zero-order valence-corrected chi connectivity index (χ0v) is 11.3. The molecule has 1 fully saturated rings. The van der Waals surface area contributed by atoms with Crippen LogP contribution in [0, 0.1) is 0 Å². The summed E-state index contributed by atoms with van der Waals surface area (Å²) in [6.45, 7) is 1.19. The van der Waals surface area contributed by atoms with Crippen LogP contribution in [0.4, 0.5) is 4.79 Å². The van der Waals surface area contributed by atoms with Gasteiger partial charge in [0, 0.05) is 32.2 Å². The Balaban J connectivity index is 2.21. The van der Waals surface area contributed by atoms with Gasteiger partial charge >= 0.3 is 12.0 Å². The fourth-order valence-electron chi connectivity index (χ4n) is 2.09. The first kappa shape index (κ1) is 15.8. The molecule has 0 atom stereocenters. The van der Waals surface area contributed by atoms with Crippen molar-refractivity contribution in [2.45, 2.75) is 51.0 Å². The third kappa shape index (κ3) is 5.92. The monoisotopic (exact) mass is 272 g/mol. The average molecular weight is 272 g/mol. The van der Waals surface area contributed by atoms with Crippen LogP contribution in [0.3, 0.4) is 0 Å². The van der Waals surface area contributed by atoms with Crippen molar-refractivity contribution in [3.8, 4) is 0 Å². The van der Waals surface area contributed by atoms with E-state index >= 15 is 0 Å². The Kier molecular flexibility index (Phi) is 7.25. The molecule has 1 saturated carbocycles. The number of urea groups is 1. The maximum absolute atomic E-state index is 12.0. The number of carbonyl (C=O) groups is 2. The van der Waals surface area contributed by atoms with Crippen LogP contribution in [-0.2, 0) is 4.79 Å². The summed E-state index contributed by atoms with van der Waals surface area (Å²) in [6.07, 6.45) is 5.24. The van der Waals surface area contributed by atoms with Gasteiger partial charge in [0.15, 0.2) is 0 Å². The molecular weight excluding hydrogens is 248 g/mol. The molecule has 1 aliphatic rings. The van der Waals surface area contributed by atoms with Gasteiger partial charge in [-0.25, -0.2) is 4.79 Å². The minimum Gasteiger partial charge on any atom is -0.481 e. The lowest BCUT2D eigenvalue weighted by atomic mass is 9.91. The molecule has 110 valence electrons. The maximum atomic E-state index is 12.0. The minimum absolute atomic E-state index is 0.0894. The molecule has 19 heavy (non-hydrogen) atoms. The molecule has 6 heteroatoms. The molecule has 0 spiro atoms. The smallest absolute Gasteiger partial charge is 0.317 e. The van der Waals surface area contributed by atoms with Crippen LogP contribution in [0.25, 0.3) is 0 Å². The minimum atomic E-state index is -0.801. The van der Waals surface area contributed by atoms with E-state index in [0.717, 1.165) is 19.3 Å². The lowest BCUT2D eigenvalue weighted by Gasteiger charge is -2.37. The summed E-state index contributed by atoms with van der Waals surface area (Å²) >= 11 is 0. The van der Waals surface area contributed by atoms with Crippen LogP contribution in [0.1, 0.15) is 44.9 Å². The molecule has 0 radical (unpaired) electrons. The number of nitrogens with one attached hydrogen (secondary N) is 1. The summed E-state index contributed by atoms with van der Waals surface area (Å²) < 4.78 is 0. The Bertz CT molecular complexity index is 292. The van der Waals surface area contributed by atoms with Gasteiger partial charge in [-0.1, -0.05) is 0 Å². The van der Waals surface area contributed by atoms with Crippen molar-refractivity contribution in [1.82, 2.24) is 10.2 Å². The van der Waals surface area contributed by atoms with E-state index in [2.05, 4.69) is 5.32 Å². The van der Waals surface area contributed by atoms with Crippen molar-refractivity contribution < 1.29 is 19.8 Å². The maximum Gasteiger partial charge on any atom is 0.317 e. The van der Waals surface area contributed by atoms with Crippen LogP contribution >= 0.6 is 0 Å². The van der Waals surface area contributed by atoms with E-state index in [9.17, 15) is 9.59 Å². The fourth-order valence-corrected chi connectivity index (χ4v) is 2.09. The number of carboxylic acid groups (broad SMARTS) is 1. The number of aliphatic hydroxyl groups excluding tert-OH is 1. The van der Waals surface area contributed by atoms with Gasteiger partial charge in [-0.05, 0) is 38.5 Å². The van der Waals surface area contributed by atoms with Gasteiger partial charge in [-0.3, -0.25) is 4.79 Å². The van der Waals surface area contributed by atoms with E-state index in [1.54, 1.807) is 4.90 Å². The number of rotatable bonds is 9. The number of unbranched alkanes of at least 4 members (excludes halogenated alkanes) is 1. The average Bonchev–Trinajstić information content (AvgIpc) is 2.30. The molecule has 2 amide bonds. The van der Waals surface area contributed by atoms with Crippen LogP contribution < -0.4 is 5.32 Å². The number of amides is 2. The molecule has 0 heterocycles. The SMILES string of the molecule is O=C(O)CCCCNC(=O)N(CCCO)C1CCC1. The first-order valence-electron chi connectivity index (χ1n) is 7.02. The lowest BCUT2D eigenvalue weighted by molar-refractivity contribution is -0.137. The molecule has 0 unspecified atom stereocenters. The van der Waals surface area contributed by atoms with Gasteiger partial charge < -0.3 is 20.4 Å². The molecule has 0 saturated heterocycles. The molecule has 1 rings (SSSR count). The topological polar surface area (TPSA) is 89.9 Å². The zero-order chi connectivity index (χ0) is 14.1. The molecule has 1 aliphatic carbocycles. The van der Waals surface area contributed by atoms with Crippen molar-refractivity contribution in [3.05, 3.63) is 0 Å². The normalized spacial score (nSPS) is 14.8. The summed E-state index contributed by atoms with van der Waals surface area (Å²) in [5.41, 5.74) is 0. The highest BCUT2D eigenvalue weighted by Gasteiger charge is 2.27. The Morgan fingerprint density at radius 2 is 1.95 bits per heavy atom. The molecule has 0 bridgehead atoms. The van der Waals surface area contributed by atoms with Crippen LogP contribution in [-0.4, -0.2) is 52.9 Å². The molecule has 0 aromatic carbocycles. The van der Waals surface area contributed by atoms with E-state index in [4.69, 9.17) is 10.2 Å². The van der Waals surface area contributed by atoms with Crippen molar-refractivity contribution in [2.75, 3.05) is 19.7 Å². The quantitative estimate of drug-likeness (QED) is 0.550. The number of carboxylic acids is 1. The van der Waals surface area contributed by atoms with Crippen molar-refractivity contribution >= 4 is 12.0 Å². The highest BCUT2D eigenvalue weighted by Crippen LogP contribution is 2.24. The standard InChI is InChI=1S/C13H24N2O4/c16-10-4-9-15(11-5-3-6-11)13(19)14-8-2-1-7-12(17)18/h11,16H,1-10H2,(H,14,19)(H,17,18). The number of nitrogens with zero attached hydrogens (tertiary/aromatic N) is 1. The Hall–Kier alpha value is -1.30. The summed E-state index contributed by atoms with van der Waals surface area (Å²) in [5.74, 6) is -0.801. The second-order valence-electron chi connectivity index (χ2n) is 4.94. The third-order valence-corrected chi connectivity index (χ3v) is 3.43. The lowest BCUT2D eigenvalue weighted by Crippen LogP contribution is -2.49. The molecule has 3 N–H and O–H groups in total. The highest BCUT2D eigenvalue weighted by atomic mass is 16.4. The summed E-state index contributed by atoms with van der Waals surface area (Å²) in [7, 11) is 0. The van der Waals surface area contributed by atoms with E-state index in [1.807, 2.05) is 0 Å². The second kappa shape index (κ2) is 8.74. The Labute approximate surface area is 113 Å². The molecule has 0 aromatic heterocycles.